The van der Waals surface area contributed by atoms with Gasteiger partial charge in [-0.25, -0.2) is 0 Å². The van der Waals surface area contributed by atoms with Crippen molar-refractivity contribution in [3.05, 3.63) is 29.8 Å². The molecule has 8 heteroatoms. The summed E-state index contributed by atoms with van der Waals surface area (Å²) in [4.78, 5) is 35.5. The van der Waals surface area contributed by atoms with Gasteiger partial charge >= 0.3 is 5.97 Å². The molecule has 0 aliphatic heterocycles. The molecular weight excluding hydrogens is 326 g/mol. The second-order valence-corrected chi connectivity index (χ2v) is 6.27. The summed E-state index contributed by atoms with van der Waals surface area (Å²) in [6.07, 6.45) is 0.134. The number of hydrogen-bond acceptors (Lipinski definition) is 5. The van der Waals surface area contributed by atoms with E-state index in [4.69, 9.17) is 10.8 Å². The number of carboxylic acid groups (broad SMARTS) is 1. The van der Waals surface area contributed by atoms with Gasteiger partial charge in [0.2, 0.25) is 11.8 Å². The van der Waals surface area contributed by atoms with Gasteiger partial charge in [0.1, 0.15) is 17.8 Å². The summed E-state index contributed by atoms with van der Waals surface area (Å²) in [5, 5.41) is 23.2. The van der Waals surface area contributed by atoms with E-state index in [0.717, 1.165) is 0 Å². The zero-order valence-corrected chi connectivity index (χ0v) is 14.5. The summed E-state index contributed by atoms with van der Waals surface area (Å²) in [5.41, 5.74) is 6.49. The fraction of sp³-hybridized carbons (Fsp3) is 0.471. The first kappa shape index (κ1) is 20.4. The van der Waals surface area contributed by atoms with Crippen molar-refractivity contribution >= 4 is 17.8 Å². The summed E-state index contributed by atoms with van der Waals surface area (Å²) in [6.45, 7) is 4.90. The van der Waals surface area contributed by atoms with Gasteiger partial charge in [0.25, 0.3) is 0 Å². The van der Waals surface area contributed by atoms with Crippen LogP contribution >= 0.6 is 0 Å². The van der Waals surface area contributed by atoms with Crippen molar-refractivity contribution in [3.8, 4) is 5.75 Å². The summed E-state index contributed by atoms with van der Waals surface area (Å²) >= 11 is 0. The molecule has 0 aliphatic carbocycles. The molecule has 0 saturated carbocycles. The van der Waals surface area contributed by atoms with Crippen molar-refractivity contribution in [2.45, 2.75) is 45.3 Å². The first-order valence-corrected chi connectivity index (χ1v) is 7.98. The molecule has 1 rings (SSSR count). The number of nitrogens with one attached hydrogen (secondary N) is 2. The third-order valence-electron chi connectivity index (χ3n) is 3.76. The van der Waals surface area contributed by atoms with E-state index in [9.17, 15) is 19.5 Å². The molecular formula is C17H25N3O5. The summed E-state index contributed by atoms with van der Waals surface area (Å²) in [5.74, 6) is -2.32. The Labute approximate surface area is 146 Å². The second kappa shape index (κ2) is 9.03. The Kier molecular flexibility index (Phi) is 7.38. The van der Waals surface area contributed by atoms with E-state index < -0.39 is 35.9 Å². The first-order chi connectivity index (χ1) is 11.6. The summed E-state index contributed by atoms with van der Waals surface area (Å²) in [7, 11) is 0. The van der Waals surface area contributed by atoms with Crippen molar-refractivity contribution in [1.29, 1.82) is 0 Å². The smallest absolute Gasteiger partial charge is 0.325 e. The van der Waals surface area contributed by atoms with Crippen LogP contribution in [-0.4, -0.2) is 46.1 Å². The molecule has 0 aromatic heterocycles. The lowest BCUT2D eigenvalue weighted by atomic mass is 10.0. The molecule has 0 fully saturated rings. The number of carbonyl (C=O) groups is 3. The maximum atomic E-state index is 12.4. The summed E-state index contributed by atoms with van der Waals surface area (Å²) < 4.78 is 0. The van der Waals surface area contributed by atoms with Gasteiger partial charge < -0.3 is 26.6 Å². The van der Waals surface area contributed by atoms with Gasteiger partial charge in [0.15, 0.2) is 0 Å². The number of phenols is 1. The Morgan fingerprint density at radius 1 is 1.04 bits per heavy atom. The fourth-order valence-corrected chi connectivity index (χ4v) is 2.02. The molecule has 0 heterocycles. The largest absolute Gasteiger partial charge is 0.508 e. The zero-order valence-electron chi connectivity index (χ0n) is 14.5. The van der Waals surface area contributed by atoms with Crippen LogP contribution in [0.15, 0.2) is 24.3 Å². The van der Waals surface area contributed by atoms with Gasteiger partial charge in [-0.15, -0.1) is 0 Å². The van der Waals surface area contributed by atoms with Crippen molar-refractivity contribution in [1.82, 2.24) is 10.6 Å². The van der Waals surface area contributed by atoms with Crippen LogP contribution in [0.25, 0.3) is 0 Å². The van der Waals surface area contributed by atoms with Crippen LogP contribution in [0.2, 0.25) is 0 Å². The quantitative estimate of drug-likeness (QED) is 0.446. The van der Waals surface area contributed by atoms with Crippen molar-refractivity contribution < 1.29 is 24.6 Å². The fourth-order valence-electron chi connectivity index (χ4n) is 2.02. The van der Waals surface area contributed by atoms with Crippen LogP contribution in [0.5, 0.6) is 5.75 Å². The van der Waals surface area contributed by atoms with E-state index in [2.05, 4.69) is 10.6 Å². The van der Waals surface area contributed by atoms with Crippen LogP contribution in [0.3, 0.4) is 0 Å². The Morgan fingerprint density at radius 3 is 2.08 bits per heavy atom. The van der Waals surface area contributed by atoms with E-state index in [1.165, 1.54) is 19.1 Å². The molecule has 8 nitrogen and oxygen atoms in total. The van der Waals surface area contributed by atoms with Crippen molar-refractivity contribution in [2.24, 2.45) is 11.7 Å². The summed E-state index contributed by atoms with van der Waals surface area (Å²) in [6, 6.07) is 3.30. The molecule has 1 aromatic carbocycles. The van der Waals surface area contributed by atoms with E-state index in [0.29, 0.717) is 5.56 Å². The van der Waals surface area contributed by atoms with E-state index in [1.54, 1.807) is 26.0 Å². The van der Waals surface area contributed by atoms with Crippen molar-refractivity contribution in [3.63, 3.8) is 0 Å². The highest BCUT2D eigenvalue weighted by atomic mass is 16.4. The number of rotatable bonds is 8. The zero-order chi connectivity index (χ0) is 19.1. The minimum Gasteiger partial charge on any atom is -0.508 e. The molecule has 0 radical (unpaired) electrons. The Morgan fingerprint density at radius 2 is 1.60 bits per heavy atom. The lowest BCUT2D eigenvalue weighted by Gasteiger charge is -2.23. The minimum absolute atomic E-state index is 0.0788. The van der Waals surface area contributed by atoms with E-state index in [1.807, 2.05) is 0 Å². The standard InChI is InChI=1S/C17H25N3O5/c1-9(2)14(18)16(23)20-13(15(22)19-10(3)17(24)25)8-11-4-6-12(21)7-5-11/h4-7,9-10,13-14,21H,8,18H2,1-3H3,(H,19,22)(H,20,23)(H,24,25). The number of aliphatic carboxylic acids is 1. The Hall–Kier alpha value is -2.61. The van der Waals surface area contributed by atoms with Gasteiger partial charge in [0, 0.05) is 6.42 Å². The first-order valence-electron chi connectivity index (χ1n) is 7.98. The molecule has 3 atom stereocenters. The molecule has 6 N–H and O–H groups in total. The highest BCUT2D eigenvalue weighted by Crippen LogP contribution is 2.12. The SMILES string of the molecule is CC(NC(=O)C(Cc1ccc(O)cc1)NC(=O)C(N)C(C)C)C(=O)O. The highest BCUT2D eigenvalue weighted by molar-refractivity contribution is 5.91. The van der Waals surface area contributed by atoms with Crippen LogP contribution in [-0.2, 0) is 20.8 Å². The van der Waals surface area contributed by atoms with Gasteiger partial charge in [0.05, 0.1) is 6.04 Å². The van der Waals surface area contributed by atoms with Gasteiger partial charge in [-0.2, -0.15) is 0 Å². The molecule has 0 spiro atoms. The average Bonchev–Trinajstić information content (AvgIpc) is 2.54. The number of phenolic OH excluding ortho intramolecular Hbond substituents is 1. The Bertz CT molecular complexity index is 615. The number of carbonyl (C=O) groups excluding carboxylic acids is 2. The minimum atomic E-state index is -1.18. The van der Waals surface area contributed by atoms with Crippen LogP contribution in [0, 0.1) is 5.92 Å². The second-order valence-electron chi connectivity index (χ2n) is 6.27. The molecule has 3 unspecified atom stereocenters. The van der Waals surface area contributed by atoms with Crippen molar-refractivity contribution in [2.75, 3.05) is 0 Å². The van der Waals surface area contributed by atoms with Gasteiger partial charge in [-0.05, 0) is 30.5 Å². The third-order valence-corrected chi connectivity index (χ3v) is 3.76. The van der Waals surface area contributed by atoms with Crippen LogP contribution < -0.4 is 16.4 Å². The number of hydrogen-bond donors (Lipinski definition) is 5. The monoisotopic (exact) mass is 351 g/mol. The Balaban J connectivity index is 2.92. The number of benzene rings is 1. The number of nitrogens with two attached hydrogens (primary N) is 1. The molecule has 138 valence electrons. The van der Waals surface area contributed by atoms with Crippen LogP contribution in [0.1, 0.15) is 26.3 Å². The molecule has 2 amide bonds. The topological polar surface area (TPSA) is 142 Å². The predicted molar refractivity (Wildman–Crippen MR) is 91.8 cm³/mol. The van der Waals surface area contributed by atoms with Gasteiger partial charge in [-0.1, -0.05) is 26.0 Å². The predicted octanol–water partition coefficient (Wildman–Crippen LogP) is -0.00790. The lowest BCUT2D eigenvalue weighted by molar-refractivity contribution is -0.141. The normalized spacial score (nSPS) is 14.4. The molecule has 1 aromatic rings. The highest BCUT2D eigenvalue weighted by Gasteiger charge is 2.27. The van der Waals surface area contributed by atoms with Gasteiger partial charge in [-0.3, -0.25) is 14.4 Å². The van der Waals surface area contributed by atoms with Crippen LogP contribution in [0.4, 0.5) is 0 Å². The maximum absolute atomic E-state index is 12.4. The third kappa shape index (κ3) is 6.42. The average molecular weight is 351 g/mol. The van der Waals surface area contributed by atoms with E-state index in [-0.39, 0.29) is 18.1 Å². The maximum Gasteiger partial charge on any atom is 0.325 e. The lowest BCUT2D eigenvalue weighted by Crippen LogP contribution is -2.55. The number of amides is 2. The molecule has 0 bridgehead atoms. The number of aromatic hydroxyl groups is 1. The molecule has 25 heavy (non-hydrogen) atoms. The van der Waals surface area contributed by atoms with E-state index >= 15 is 0 Å². The molecule has 0 aliphatic rings. The number of carboxylic acids is 1. The molecule has 0 saturated heterocycles.